The molecule has 2 fully saturated rings. The molecule has 0 radical (unpaired) electrons. The standard InChI is InChI=1S/C14H27N3O/c1-2-16-9-6-13(12-16)10-15-11-14(18)17-7-4-3-5-8-17/h13,15H,2-12H2,1H3. The van der Waals surface area contributed by atoms with E-state index in [0.29, 0.717) is 12.5 Å². The molecule has 1 amide bonds. The fourth-order valence-corrected chi connectivity index (χ4v) is 3.01. The van der Waals surface area contributed by atoms with Crippen LogP contribution in [0.2, 0.25) is 0 Å². The zero-order valence-corrected chi connectivity index (χ0v) is 11.7. The number of hydrogen-bond acceptors (Lipinski definition) is 3. The molecule has 2 saturated heterocycles. The van der Waals surface area contributed by atoms with Gasteiger partial charge in [-0.05, 0) is 51.2 Å². The first-order valence-corrected chi connectivity index (χ1v) is 7.50. The van der Waals surface area contributed by atoms with Crippen LogP contribution in [0.1, 0.15) is 32.6 Å². The summed E-state index contributed by atoms with van der Waals surface area (Å²) in [4.78, 5) is 16.4. The number of carbonyl (C=O) groups excluding carboxylic acids is 1. The number of rotatable bonds is 5. The molecule has 0 aromatic rings. The van der Waals surface area contributed by atoms with Gasteiger partial charge < -0.3 is 15.1 Å². The molecule has 4 nitrogen and oxygen atoms in total. The minimum atomic E-state index is 0.292. The highest BCUT2D eigenvalue weighted by atomic mass is 16.2. The minimum Gasteiger partial charge on any atom is -0.342 e. The Labute approximate surface area is 111 Å². The Morgan fingerprint density at radius 2 is 2.00 bits per heavy atom. The van der Waals surface area contributed by atoms with E-state index in [4.69, 9.17) is 0 Å². The lowest BCUT2D eigenvalue weighted by Gasteiger charge is -2.27. The Kier molecular flexibility index (Phi) is 5.45. The summed E-state index contributed by atoms with van der Waals surface area (Å²) in [5.41, 5.74) is 0. The summed E-state index contributed by atoms with van der Waals surface area (Å²) in [5.74, 6) is 1.03. The maximum atomic E-state index is 11.9. The largest absolute Gasteiger partial charge is 0.342 e. The molecule has 2 aliphatic rings. The van der Waals surface area contributed by atoms with Crippen LogP contribution in [0.15, 0.2) is 0 Å². The highest BCUT2D eigenvalue weighted by Crippen LogP contribution is 2.14. The SMILES string of the molecule is CCN1CCC(CNCC(=O)N2CCCCC2)C1. The molecule has 18 heavy (non-hydrogen) atoms. The smallest absolute Gasteiger partial charge is 0.236 e. The Morgan fingerprint density at radius 3 is 2.67 bits per heavy atom. The van der Waals surface area contributed by atoms with Gasteiger partial charge in [0.25, 0.3) is 0 Å². The van der Waals surface area contributed by atoms with E-state index in [1.165, 1.54) is 38.8 Å². The number of carbonyl (C=O) groups is 1. The highest BCUT2D eigenvalue weighted by Gasteiger charge is 2.21. The number of likely N-dealkylation sites (tertiary alicyclic amines) is 2. The first-order chi connectivity index (χ1) is 8.79. The van der Waals surface area contributed by atoms with E-state index in [2.05, 4.69) is 17.1 Å². The lowest BCUT2D eigenvalue weighted by atomic mass is 10.1. The molecule has 0 saturated carbocycles. The van der Waals surface area contributed by atoms with Crippen LogP contribution in [-0.4, -0.2) is 61.5 Å². The first-order valence-electron chi connectivity index (χ1n) is 7.50. The van der Waals surface area contributed by atoms with Crippen molar-refractivity contribution in [1.82, 2.24) is 15.1 Å². The molecule has 1 N–H and O–H groups in total. The summed E-state index contributed by atoms with van der Waals surface area (Å²) >= 11 is 0. The Balaban J connectivity index is 1.58. The van der Waals surface area contributed by atoms with Crippen molar-refractivity contribution < 1.29 is 4.79 Å². The van der Waals surface area contributed by atoms with Crippen molar-refractivity contribution in [2.75, 3.05) is 45.8 Å². The zero-order valence-electron chi connectivity index (χ0n) is 11.7. The van der Waals surface area contributed by atoms with E-state index < -0.39 is 0 Å². The van der Waals surface area contributed by atoms with E-state index in [-0.39, 0.29) is 0 Å². The van der Waals surface area contributed by atoms with Gasteiger partial charge >= 0.3 is 0 Å². The molecule has 0 aromatic heterocycles. The van der Waals surface area contributed by atoms with E-state index in [0.717, 1.165) is 32.1 Å². The number of nitrogens with one attached hydrogen (secondary N) is 1. The summed E-state index contributed by atoms with van der Waals surface area (Å²) in [6.45, 7) is 9.25. The minimum absolute atomic E-state index is 0.292. The van der Waals surface area contributed by atoms with Gasteiger partial charge in [-0.25, -0.2) is 0 Å². The molecule has 2 heterocycles. The van der Waals surface area contributed by atoms with Crippen LogP contribution < -0.4 is 5.32 Å². The van der Waals surface area contributed by atoms with Crippen molar-refractivity contribution in [2.24, 2.45) is 5.92 Å². The van der Waals surface area contributed by atoms with Crippen LogP contribution in [0, 0.1) is 5.92 Å². The molecule has 2 rings (SSSR count). The number of hydrogen-bond donors (Lipinski definition) is 1. The monoisotopic (exact) mass is 253 g/mol. The van der Waals surface area contributed by atoms with Gasteiger partial charge in [-0.1, -0.05) is 6.92 Å². The number of amides is 1. The molecule has 0 aromatic carbocycles. The zero-order chi connectivity index (χ0) is 12.8. The molecule has 1 unspecified atom stereocenters. The summed E-state index contributed by atoms with van der Waals surface area (Å²) in [5, 5.41) is 3.35. The number of piperidine rings is 1. The third kappa shape index (κ3) is 3.95. The van der Waals surface area contributed by atoms with Gasteiger partial charge in [-0.3, -0.25) is 4.79 Å². The van der Waals surface area contributed by atoms with Crippen LogP contribution in [0.4, 0.5) is 0 Å². The maximum absolute atomic E-state index is 11.9. The second-order valence-electron chi connectivity index (χ2n) is 5.62. The fraction of sp³-hybridized carbons (Fsp3) is 0.929. The second kappa shape index (κ2) is 7.10. The first kappa shape index (κ1) is 13.8. The van der Waals surface area contributed by atoms with Crippen molar-refractivity contribution in [3.8, 4) is 0 Å². The van der Waals surface area contributed by atoms with Crippen molar-refractivity contribution in [3.05, 3.63) is 0 Å². The third-order valence-electron chi connectivity index (χ3n) is 4.24. The van der Waals surface area contributed by atoms with Crippen molar-refractivity contribution in [1.29, 1.82) is 0 Å². The van der Waals surface area contributed by atoms with Crippen LogP contribution >= 0.6 is 0 Å². The predicted molar refractivity (Wildman–Crippen MR) is 73.5 cm³/mol. The number of nitrogens with zero attached hydrogens (tertiary/aromatic N) is 2. The summed E-state index contributed by atoms with van der Waals surface area (Å²) in [6, 6.07) is 0. The van der Waals surface area contributed by atoms with Crippen LogP contribution in [0.3, 0.4) is 0 Å². The fourth-order valence-electron chi connectivity index (χ4n) is 3.01. The Bertz CT molecular complexity index is 264. The lowest BCUT2D eigenvalue weighted by Crippen LogP contribution is -2.42. The molecule has 0 aliphatic carbocycles. The molecule has 2 aliphatic heterocycles. The molecule has 0 bridgehead atoms. The molecule has 0 spiro atoms. The van der Waals surface area contributed by atoms with Crippen LogP contribution in [0.5, 0.6) is 0 Å². The quantitative estimate of drug-likeness (QED) is 0.792. The molecule has 1 atom stereocenters. The van der Waals surface area contributed by atoms with Gasteiger partial charge in [-0.15, -0.1) is 0 Å². The Hall–Kier alpha value is -0.610. The van der Waals surface area contributed by atoms with E-state index in [9.17, 15) is 4.79 Å². The van der Waals surface area contributed by atoms with Crippen molar-refractivity contribution in [3.63, 3.8) is 0 Å². The second-order valence-corrected chi connectivity index (χ2v) is 5.62. The average Bonchev–Trinajstić information content (AvgIpc) is 2.87. The molecule has 104 valence electrons. The molecular formula is C14H27N3O. The third-order valence-corrected chi connectivity index (χ3v) is 4.24. The average molecular weight is 253 g/mol. The van der Waals surface area contributed by atoms with Gasteiger partial charge in [0, 0.05) is 19.6 Å². The molecule has 4 heteroatoms. The maximum Gasteiger partial charge on any atom is 0.236 e. The normalized spacial score (nSPS) is 25.6. The van der Waals surface area contributed by atoms with Gasteiger partial charge in [0.15, 0.2) is 0 Å². The van der Waals surface area contributed by atoms with E-state index in [1.807, 2.05) is 4.90 Å². The summed E-state index contributed by atoms with van der Waals surface area (Å²) < 4.78 is 0. The van der Waals surface area contributed by atoms with Crippen molar-refractivity contribution in [2.45, 2.75) is 32.6 Å². The van der Waals surface area contributed by atoms with E-state index >= 15 is 0 Å². The Morgan fingerprint density at radius 1 is 1.22 bits per heavy atom. The summed E-state index contributed by atoms with van der Waals surface area (Å²) in [7, 11) is 0. The van der Waals surface area contributed by atoms with Gasteiger partial charge in [0.05, 0.1) is 6.54 Å². The van der Waals surface area contributed by atoms with Gasteiger partial charge in [0.1, 0.15) is 0 Å². The van der Waals surface area contributed by atoms with E-state index in [1.54, 1.807) is 0 Å². The van der Waals surface area contributed by atoms with Gasteiger partial charge in [0.2, 0.25) is 5.91 Å². The predicted octanol–water partition coefficient (Wildman–Crippen LogP) is 0.930. The summed E-state index contributed by atoms with van der Waals surface area (Å²) in [6.07, 6.45) is 4.92. The molecular weight excluding hydrogens is 226 g/mol. The topological polar surface area (TPSA) is 35.6 Å². The van der Waals surface area contributed by atoms with Crippen LogP contribution in [-0.2, 0) is 4.79 Å². The highest BCUT2D eigenvalue weighted by molar-refractivity contribution is 5.78. The van der Waals surface area contributed by atoms with Gasteiger partial charge in [-0.2, -0.15) is 0 Å². The lowest BCUT2D eigenvalue weighted by molar-refractivity contribution is -0.131. The van der Waals surface area contributed by atoms with Crippen LogP contribution in [0.25, 0.3) is 0 Å². The van der Waals surface area contributed by atoms with Crippen molar-refractivity contribution >= 4 is 5.91 Å².